The summed E-state index contributed by atoms with van der Waals surface area (Å²) >= 11 is 0. The summed E-state index contributed by atoms with van der Waals surface area (Å²) in [5, 5.41) is 14.5. The first-order valence-electron chi connectivity index (χ1n) is 9.96. The largest absolute Gasteiger partial charge is 0.344 e. The molecule has 2 N–H and O–H groups in total. The van der Waals surface area contributed by atoms with Crippen LogP contribution in [0.1, 0.15) is 38.2 Å². The Labute approximate surface area is 175 Å². The van der Waals surface area contributed by atoms with Gasteiger partial charge in [-0.1, -0.05) is 30.3 Å². The normalized spacial score (nSPS) is 18.0. The molecular weight excluding hydrogens is 380 g/mol. The zero-order valence-corrected chi connectivity index (χ0v) is 16.8. The molecule has 0 spiro atoms. The molecule has 3 rings (SSSR count). The number of amides is 3. The second-order valence-corrected chi connectivity index (χ2v) is 7.31. The summed E-state index contributed by atoms with van der Waals surface area (Å²) in [4.78, 5) is 38.8. The Hall–Kier alpha value is -3.66. The number of nitrogens with zero attached hydrogens (tertiary/aromatic N) is 2. The Morgan fingerprint density at radius 2 is 1.73 bits per heavy atom. The summed E-state index contributed by atoms with van der Waals surface area (Å²) in [5.74, 6) is -0.625. The Morgan fingerprint density at radius 1 is 1.07 bits per heavy atom. The number of rotatable bonds is 7. The van der Waals surface area contributed by atoms with Gasteiger partial charge in [0.05, 0.1) is 11.3 Å². The van der Waals surface area contributed by atoms with Crippen molar-refractivity contribution in [3.8, 4) is 6.07 Å². The van der Waals surface area contributed by atoms with E-state index < -0.39 is 6.04 Å². The first-order valence-corrected chi connectivity index (χ1v) is 9.96. The van der Waals surface area contributed by atoms with Crippen molar-refractivity contribution in [2.75, 3.05) is 10.2 Å². The molecule has 1 aliphatic heterocycles. The summed E-state index contributed by atoms with van der Waals surface area (Å²) in [6.07, 6.45) is 1.20. The van der Waals surface area contributed by atoms with Crippen molar-refractivity contribution in [3.05, 3.63) is 60.2 Å². The molecule has 7 heteroatoms. The van der Waals surface area contributed by atoms with Crippen molar-refractivity contribution in [2.24, 2.45) is 0 Å². The molecule has 1 fully saturated rings. The van der Waals surface area contributed by atoms with Crippen molar-refractivity contribution < 1.29 is 14.4 Å². The molecule has 0 bridgehead atoms. The molecule has 0 unspecified atom stereocenters. The van der Waals surface area contributed by atoms with Gasteiger partial charge in [-0.2, -0.15) is 5.26 Å². The molecule has 30 heavy (non-hydrogen) atoms. The molecule has 0 aliphatic carbocycles. The fourth-order valence-corrected chi connectivity index (χ4v) is 3.60. The lowest BCUT2D eigenvalue weighted by atomic mass is 10.1. The van der Waals surface area contributed by atoms with Gasteiger partial charge in [0.15, 0.2) is 0 Å². The lowest BCUT2D eigenvalue weighted by Gasteiger charge is -2.21. The summed E-state index contributed by atoms with van der Waals surface area (Å²) in [6, 6.07) is 17.6. The molecule has 0 saturated carbocycles. The van der Waals surface area contributed by atoms with Crippen molar-refractivity contribution >= 4 is 29.1 Å². The smallest absolute Gasteiger partial charge is 0.249 e. The van der Waals surface area contributed by atoms with E-state index in [-0.39, 0.29) is 36.6 Å². The molecule has 1 saturated heterocycles. The van der Waals surface area contributed by atoms with Crippen molar-refractivity contribution in [3.63, 3.8) is 0 Å². The summed E-state index contributed by atoms with van der Waals surface area (Å²) in [6.45, 7) is 1.96. The maximum absolute atomic E-state index is 12.7. The number of benzene rings is 2. The SMILES string of the molecule is C[C@@H]1C[C@H](NC(=O)CCCC(=O)Nc2ccccc2C#N)C(=O)N1c1ccccc1. The van der Waals surface area contributed by atoms with E-state index in [4.69, 9.17) is 5.26 Å². The third-order valence-electron chi connectivity index (χ3n) is 5.05. The van der Waals surface area contributed by atoms with Gasteiger partial charge in [0.2, 0.25) is 17.7 Å². The monoisotopic (exact) mass is 404 g/mol. The van der Waals surface area contributed by atoms with Gasteiger partial charge >= 0.3 is 0 Å². The van der Waals surface area contributed by atoms with Gasteiger partial charge in [0.1, 0.15) is 12.1 Å². The molecule has 0 radical (unpaired) electrons. The van der Waals surface area contributed by atoms with Crippen LogP contribution in [0.3, 0.4) is 0 Å². The van der Waals surface area contributed by atoms with E-state index in [1.54, 1.807) is 29.2 Å². The van der Waals surface area contributed by atoms with Gasteiger partial charge < -0.3 is 15.5 Å². The van der Waals surface area contributed by atoms with Gasteiger partial charge in [0.25, 0.3) is 0 Å². The molecule has 2 aromatic rings. The molecular formula is C23H24N4O3. The van der Waals surface area contributed by atoms with Gasteiger partial charge in [-0.05, 0) is 44.0 Å². The van der Waals surface area contributed by atoms with Crippen LogP contribution in [0.2, 0.25) is 0 Å². The third kappa shape index (κ3) is 5.03. The molecule has 1 aliphatic rings. The predicted octanol–water partition coefficient (Wildman–Crippen LogP) is 2.98. The van der Waals surface area contributed by atoms with Gasteiger partial charge in [0, 0.05) is 24.6 Å². The molecule has 0 aromatic heterocycles. The highest BCUT2D eigenvalue weighted by Gasteiger charge is 2.38. The predicted molar refractivity (Wildman–Crippen MR) is 114 cm³/mol. The van der Waals surface area contributed by atoms with Crippen molar-refractivity contribution in [1.29, 1.82) is 5.26 Å². The lowest BCUT2D eigenvalue weighted by Crippen LogP contribution is -2.41. The molecule has 154 valence electrons. The van der Waals surface area contributed by atoms with Crippen molar-refractivity contribution in [1.82, 2.24) is 5.32 Å². The van der Waals surface area contributed by atoms with E-state index in [0.717, 1.165) is 5.69 Å². The van der Waals surface area contributed by atoms with Crippen molar-refractivity contribution in [2.45, 2.75) is 44.7 Å². The van der Waals surface area contributed by atoms with Crippen LogP contribution in [0.25, 0.3) is 0 Å². The Bertz CT molecular complexity index is 968. The van der Waals surface area contributed by atoms with Crippen LogP contribution in [0, 0.1) is 11.3 Å². The topological polar surface area (TPSA) is 102 Å². The average Bonchev–Trinajstić information content (AvgIpc) is 3.01. The van der Waals surface area contributed by atoms with Gasteiger partial charge in [-0.15, -0.1) is 0 Å². The summed E-state index contributed by atoms with van der Waals surface area (Å²) in [7, 11) is 0. The van der Waals surface area contributed by atoms with E-state index in [9.17, 15) is 14.4 Å². The van der Waals surface area contributed by atoms with Crippen LogP contribution >= 0.6 is 0 Å². The maximum Gasteiger partial charge on any atom is 0.249 e. The quantitative estimate of drug-likeness (QED) is 0.740. The minimum atomic E-state index is -0.552. The summed E-state index contributed by atoms with van der Waals surface area (Å²) < 4.78 is 0. The maximum atomic E-state index is 12.7. The number of carbonyl (C=O) groups excluding carboxylic acids is 3. The highest BCUT2D eigenvalue weighted by molar-refractivity contribution is 6.02. The van der Waals surface area contributed by atoms with Crippen LogP contribution in [-0.2, 0) is 14.4 Å². The van der Waals surface area contributed by atoms with E-state index in [1.807, 2.05) is 43.3 Å². The first-order chi connectivity index (χ1) is 14.5. The number of para-hydroxylation sites is 2. The molecule has 7 nitrogen and oxygen atoms in total. The third-order valence-corrected chi connectivity index (χ3v) is 5.05. The standard InChI is InChI=1S/C23H24N4O3/c1-16-14-20(23(30)27(16)18-9-3-2-4-10-18)26-22(29)13-7-12-21(28)25-19-11-6-5-8-17(19)15-24/h2-6,8-11,16,20H,7,12-14H2,1H3,(H,25,28)(H,26,29)/t16-,20+/m1/s1. The lowest BCUT2D eigenvalue weighted by molar-refractivity contribution is -0.126. The molecule has 2 atom stereocenters. The number of hydrogen-bond acceptors (Lipinski definition) is 4. The second-order valence-electron chi connectivity index (χ2n) is 7.31. The van der Waals surface area contributed by atoms with Gasteiger partial charge in [-0.25, -0.2) is 0 Å². The Balaban J connectivity index is 1.45. The first kappa shape index (κ1) is 21.1. The fourth-order valence-electron chi connectivity index (χ4n) is 3.60. The minimum absolute atomic E-state index is 0.00354. The van der Waals surface area contributed by atoms with Gasteiger partial charge in [-0.3, -0.25) is 14.4 Å². The van der Waals surface area contributed by atoms with Crippen LogP contribution in [-0.4, -0.2) is 29.8 Å². The van der Waals surface area contributed by atoms with Crippen LogP contribution in [0.5, 0.6) is 0 Å². The Morgan fingerprint density at radius 3 is 2.47 bits per heavy atom. The number of hydrogen-bond donors (Lipinski definition) is 2. The van der Waals surface area contributed by atoms with E-state index in [0.29, 0.717) is 24.1 Å². The van der Waals surface area contributed by atoms with Crippen LogP contribution in [0.15, 0.2) is 54.6 Å². The zero-order valence-electron chi connectivity index (χ0n) is 16.8. The highest BCUT2D eigenvalue weighted by Crippen LogP contribution is 2.26. The average molecular weight is 404 g/mol. The van der Waals surface area contributed by atoms with Crippen LogP contribution in [0.4, 0.5) is 11.4 Å². The van der Waals surface area contributed by atoms with E-state index in [2.05, 4.69) is 10.6 Å². The Kier molecular flexibility index (Phi) is 6.81. The fraction of sp³-hybridized carbons (Fsp3) is 0.304. The van der Waals surface area contributed by atoms with E-state index >= 15 is 0 Å². The molecule has 3 amide bonds. The number of anilines is 2. The summed E-state index contributed by atoms with van der Waals surface area (Å²) in [5.41, 5.74) is 1.67. The number of nitriles is 1. The number of nitrogens with one attached hydrogen (secondary N) is 2. The molecule has 2 aromatic carbocycles. The minimum Gasteiger partial charge on any atom is -0.344 e. The molecule has 1 heterocycles. The second kappa shape index (κ2) is 9.70. The zero-order chi connectivity index (χ0) is 21.5. The van der Waals surface area contributed by atoms with E-state index in [1.165, 1.54) is 0 Å². The van der Waals surface area contributed by atoms with Crippen LogP contribution < -0.4 is 15.5 Å². The number of carbonyl (C=O) groups is 3. The highest BCUT2D eigenvalue weighted by atomic mass is 16.2.